The minimum atomic E-state index is -0.445. The summed E-state index contributed by atoms with van der Waals surface area (Å²) in [5.41, 5.74) is 0.193. The zero-order chi connectivity index (χ0) is 12.3. The summed E-state index contributed by atoms with van der Waals surface area (Å²) >= 11 is 1.93. The molecule has 17 heavy (non-hydrogen) atoms. The molecular weight excluding hydrogens is 240 g/mol. The lowest BCUT2D eigenvalue weighted by Gasteiger charge is -2.19. The first-order valence-electron chi connectivity index (χ1n) is 5.93. The molecule has 0 aromatic heterocycles. The molecule has 0 saturated carbocycles. The summed E-state index contributed by atoms with van der Waals surface area (Å²) in [5, 5.41) is 3.43. The second kappa shape index (κ2) is 5.83. The highest BCUT2D eigenvalue weighted by Gasteiger charge is 2.19. The summed E-state index contributed by atoms with van der Waals surface area (Å²) in [6, 6.07) is 4.63. The molecule has 1 heterocycles. The standard InChI is InChI=1S/C13H17F2NS/c1-9(16-10-5-6-17-8-10)7-11-12(14)3-2-4-13(11)15/h2-4,9-10,16H,5-8H2,1H3. The van der Waals surface area contributed by atoms with E-state index in [1.807, 2.05) is 18.7 Å². The Kier molecular flexibility index (Phi) is 4.40. The third-order valence-corrected chi connectivity index (χ3v) is 4.18. The summed E-state index contributed by atoms with van der Waals surface area (Å²) in [5.74, 6) is 1.39. The Hall–Kier alpha value is -0.610. The van der Waals surface area contributed by atoms with Crippen LogP contribution in [0.2, 0.25) is 0 Å². The maximum atomic E-state index is 13.5. The fraction of sp³-hybridized carbons (Fsp3) is 0.538. The molecule has 1 nitrogen and oxygen atoms in total. The Labute approximate surface area is 105 Å². The van der Waals surface area contributed by atoms with Crippen molar-refractivity contribution in [3.05, 3.63) is 35.4 Å². The number of benzene rings is 1. The molecule has 0 bridgehead atoms. The highest BCUT2D eigenvalue weighted by Crippen LogP contribution is 2.19. The van der Waals surface area contributed by atoms with Crippen LogP contribution in [0.1, 0.15) is 18.9 Å². The van der Waals surface area contributed by atoms with Gasteiger partial charge in [0.1, 0.15) is 11.6 Å². The lowest BCUT2D eigenvalue weighted by Crippen LogP contribution is -2.38. The largest absolute Gasteiger partial charge is 0.310 e. The minimum Gasteiger partial charge on any atom is -0.310 e. The molecule has 1 aliphatic heterocycles. The smallest absolute Gasteiger partial charge is 0.129 e. The van der Waals surface area contributed by atoms with Crippen molar-refractivity contribution in [1.82, 2.24) is 5.32 Å². The van der Waals surface area contributed by atoms with E-state index in [4.69, 9.17) is 0 Å². The molecule has 0 amide bonds. The number of hydrogen-bond acceptors (Lipinski definition) is 2. The van der Waals surface area contributed by atoms with Gasteiger partial charge < -0.3 is 5.32 Å². The number of nitrogens with one attached hydrogen (secondary N) is 1. The van der Waals surface area contributed by atoms with Crippen LogP contribution in [-0.4, -0.2) is 23.6 Å². The molecule has 1 aliphatic rings. The van der Waals surface area contributed by atoms with E-state index in [1.165, 1.54) is 24.0 Å². The average Bonchev–Trinajstić information content (AvgIpc) is 2.76. The van der Waals surface area contributed by atoms with Gasteiger partial charge >= 0.3 is 0 Å². The quantitative estimate of drug-likeness (QED) is 0.890. The number of rotatable bonds is 4. The third kappa shape index (κ3) is 3.42. The maximum absolute atomic E-state index is 13.5. The van der Waals surface area contributed by atoms with E-state index in [-0.39, 0.29) is 11.6 Å². The third-order valence-electron chi connectivity index (χ3n) is 3.02. The van der Waals surface area contributed by atoms with Crippen molar-refractivity contribution in [3.63, 3.8) is 0 Å². The zero-order valence-corrected chi connectivity index (χ0v) is 10.7. The number of halogens is 2. The molecule has 2 atom stereocenters. The summed E-state index contributed by atoms with van der Waals surface area (Å²) in [7, 11) is 0. The molecule has 0 aliphatic carbocycles. The lowest BCUT2D eigenvalue weighted by atomic mass is 10.0. The summed E-state index contributed by atoms with van der Waals surface area (Å²) in [4.78, 5) is 0. The minimum absolute atomic E-state index is 0.102. The van der Waals surface area contributed by atoms with Crippen molar-refractivity contribution in [2.24, 2.45) is 0 Å². The van der Waals surface area contributed by atoms with Crippen LogP contribution in [0.5, 0.6) is 0 Å². The summed E-state index contributed by atoms with van der Waals surface area (Å²) < 4.78 is 26.9. The van der Waals surface area contributed by atoms with Gasteiger partial charge in [-0.2, -0.15) is 11.8 Å². The normalized spacial score (nSPS) is 21.7. The van der Waals surface area contributed by atoms with Gasteiger partial charge in [-0.3, -0.25) is 0 Å². The lowest BCUT2D eigenvalue weighted by molar-refractivity contribution is 0.453. The topological polar surface area (TPSA) is 12.0 Å². The van der Waals surface area contributed by atoms with Gasteiger partial charge in [-0.05, 0) is 37.7 Å². The van der Waals surface area contributed by atoms with Crippen molar-refractivity contribution < 1.29 is 8.78 Å². The van der Waals surface area contributed by atoms with E-state index in [9.17, 15) is 8.78 Å². The Bertz CT molecular complexity index is 357. The molecule has 4 heteroatoms. The maximum Gasteiger partial charge on any atom is 0.129 e. The monoisotopic (exact) mass is 257 g/mol. The first-order chi connectivity index (χ1) is 8.16. The van der Waals surface area contributed by atoms with Gasteiger partial charge in [0.25, 0.3) is 0 Å². The Morgan fingerprint density at radius 1 is 1.41 bits per heavy atom. The van der Waals surface area contributed by atoms with E-state index >= 15 is 0 Å². The van der Waals surface area contributed by atoms with Crippen LogP contribution in [0.3, 0.4) is 0 Å². The molecule has 1 aromatic carbocycles. The highest BCUT2D eigenvalue weighted by atomic mass is 32.2. The van der Waals surface area contributed by atoms with Crippen LogP contribution in [0.4, 0.5) is 8.78 Å². The molecule has 2 rings (SSSR count). The molecule has 1 N–H and O–H groups in total. The van der Waals surface area contributed by atoms with Crippen LogP contribution >= 0.6 is 11.8 Å². The second-order valence-electron chi connectivity index (χ2n) is 4.53. The van der Waals surface area contributed by atoms with Crippen molar-refractivity contribution in [1.29, 1.82) is 0 Å². The van der Waals surface area contributed by atoms with Crippen LogP contribution in [0, 0.1) is 11.6 Å². The van der Waals surface area contributed by atoms with Crippen molar-refractivity contribution in [2.75, 3.05) is 11.5 Å². The Morgan fingerprint density at radius 3 is 2.71 bits per heavy atom. The molecule has 0 spiro atoms. The van der Waals surface area contributed by atoms with Crippen molar-refractivity contribution in [2.45, 2.75) is 31.8 Å². The first-order valence-corrected chi connectivity index (χ1v) is 7.09. The predicted octanol–water partition coefficient (Wildman–Crippen LogP) is 2.99. The fourth-order valence-corrected chi connectivity index (χ4v) is 3.33. The SMILES string of the molecule is CC(Cc1c(F)cccc1F)NC1CCSC1. The predicted molar refractivity (Wildman–Crippen MR) is 68.4 cm³/mol. The molecule has 0 radical (unpaired) electrons. The van der Waals surface area contributed by atoms with Gasteiger partial charge in [-0.1, -0.05) is 6.07 Å². The number of hydrogen-bond donors (Lipinski definition) is 1. The number of thioether (sulfide) groups is 1. The van der Waals surface area contributed by atoms with Gasteiger partial charge in [0, 0.05) is 23.4 Å². The first kappa shape index (κ1) is 12.8. The van der Waals surface area contributed by atoms with Crippen LogP contribution in [0.25, 0.3) is 0 Å². The molecule has 1 aromatic rings. The molecule has 1 fully saturated rings. The average molecular weight is 257 g/mol. The molecule has 2 unspecified atom stereocenters. The van der Waals surface area contributed by atoms with E-state index in [2.05, 4.69) is 5.32 Å². The molecule has 94 valence electrons. The van der Waals surface area contributed by atoms with Gasteiger partial charge in [-0.25, -0.2) is 8.78 Å². The Morgan fingerprint density at radius 2 is 2.12 bits per heavy atom. The van der Waals surface area contributed by atoms with Crippen molar-refractivity contribution >= 4 is 11.8 Å². The molecule has 1 saturated heterocycles. The summed E-state index contributed by atoms with van der Waals surface area (Å²) in [6.45, 7) is 1.98. The van der Waals surface area contributed by atoms with Gasteiger partial charge in [0.05, 0.1) is 0 Å². The Balaban J connectivity index is 1.95. The van der Waals surface area contributed by atoms with Gasteiger partial charge in [0.2, 0.25) is 0 Å². The van der Waals surface area contributed by atoms with E-state index in [0.717, 1.165) is 12.2 Å². The highest BCUT2D eigenvalue weighted by molar-refractivity contribution is 7.99. The van der Waals surface area contributed by atoms with Crippen LogP contribution < -0.4 is 5.32 Å². The molecular formula is C13H17F2NS. The van der Waals surface area contributed by atoms with Crippen LogP contribution in [0.15, 0.2) is 18.2 Å². The van der Waals surface area contributed by atoms with E-state index in [1.54, 1.807) is 0 Å². The summed E-state index contributed by atoms with van der Waals surface area (Å²) in [6.07, 6.45) is 1.55. The van der Waals surface area contributed by atoms with Gasteiger partial charge in [-0.15, -0.1) is 0 Å². The zero-order valence-electron chi connectivity index (χ0n) is 9.88. The van der Waals surface area contributed by atoms with Gasteiger partial charge in [0.15, 0.2) is 0 Å². The fourth-order valence-electron chi connectivity index (χ4n) is 2.16. The van der Waals surface area contributed by atoms with E-state index in [0.29, 0.717) is 12.5 Å². The second-order valence-corrected chi connectivity index (χ2v) is 5.68. The van der Waals surface area contributed by atoms with Crippen LogP contribution in [-0.2, 0) is 6.42 Å². The van der Waals surface area contributed by atoms with Crippen molar-refractivity contribution in [3.8, 4) is 0 Å². The van der Waals surface area contributed by atoms with E-state index < -0.39 is 11.6 Å².